The number of nitrogens with one attached hydrogen (secondary N) is 2. The van der Waals surface area contributed by atoms with E-state index < -0.39 is 17.7 Å². The first kappa shape index (κ1) is 22.9. The molecule has 4 rings (SSSR count). The summed E-state index contributed by atoms with van der Waals surface area (Å²) in [5, 5.41) is 17.9. The lowest BCUT2D eigenvalue weighted by Crippen LogP contribution is -2.64. The van der Waals surface area contributed by atoms with Crippen molar-refractivity contribution in [1.29, 1.82) is 0 Å². The third-order valence-corrected chi connectivity index (χ3v) is 7.04. The average molecular weight is 454 g/mol. The second-order valence-corrected chi connectivity index (χ2v) is 8.87. The number of rotatable bonds is 5. The molecular formula is C25H31N3O5. The van der Waals surface area contributed by atoms with Crippen molar-refractivity contribution in [1.82, 2.24) is 5.32 Å². The molecule has 1 heterocycles. The molecule has 3 N–H and O–H groups in total. The zero-order chi connectivity index (χ0) is 23.8. The van der Waals surface area contributed by atoms with E-state index in [4.69, 9.17) is 9.47 Å². The van der Waals surface area contributed by atoms with E-state index in [1.165, 1.54) is 14.2 Å². The summed E-state index contributed by atoms with van der Waals surface area (Å²) in [6, 6.07) is 10.9. The Morgan fingerprint density at radius 3 is 2.64 bits per heavy atom. The van der Waals surface area contributed by atoms with Gasteiger partial charge in [-0.3, -0.25) is 4.79 Å². The van der Waals surface area contributed by atoms with Gasteiger partial charge in [-0.25, -0.2) is 9.69 Å². The Labute approximate surface area is 193 Å². The van der Waals surface area contributed by atoms with Crippen molar-refractivity contribution in [2.24, 2.45) is 11.8 Å². The van der Waals surface area contributed by atoms with Gasteiger partial charge in [0.2, 0.25) is 0 Å². The number of aliphatic hydroxyl groups is 1. The summed E-state index contributed by atoms with van der Waals surface area (Å²) < 4.78 is 10.8. The minimum absolute atomic E-state index is 0.0953. The molecule has 0 spiro atoms. The number of benzene rings is 2. The van der Waals surface area contributed by atoms with E-state index in [1.807, 2.05) is 0 Å². The number of carbonyl (C=O) groups is 2. The number of para-hydroxylation sites is 1. The topological polar surface area (TPSA) is 100 Å². The number of urea groups is 1. The zero-order valence-electron chi connectivity index (χ0n) is 19.4. The number of anilines is 2. The molecular weight excluding hydrogens is 422 g/mol. The van der Waals surface area contributed by atoms with Gasteiger partial charge in [0.05, 0.1) is 25.6 Å². The van der Waals surface area contributed by atoms with E-state index in [1.54, 1.807) is 42.5 Å². The van der Waals surface area contributed by atoms with Crippen molar-refractivity contribution in [2.45, 2.75) is 44.9 Å². The number of carbonyl (C=O) groups excluding carboxylic acids is 2. The summed E-state index contributed by atoms with van der Waals surface area (Å²) in [6.07, 6.45) is 2.94. The molecule has 0 unspecified atom stereocenters. The van der Waals surface area contributed by atoms with Crippen LogP contribution in [0.3, 0.4) is 0 Å². The summed E-state index contributed by atoms with van der Waals surface area (Å²) in [5.74, 6) is 0.871. The van der Waals surface area contributed by atoms with Crippen LogP contribution in [0.2, 0.25) is 0 Å². The molecule has 4 atom stereocenters. The molecule has 8 nitrogen and oxygen atoms in total. The van der Waals surface area contributed by atoms with Crippen LogP contribution in [0.1, 0.15) is 38.7 Å². The van der Waals surface area contributed by atoms with Crippen LogP contribution in [0.15, 0.2) is 42.5 Å². The van der Waals surface area contributed by atoms with E-state index in [-0.39, 0.29) is 29.0 Å². The Hall–Kier alpha value is -3.26. The van der Waals surface area contributed by atoms with Crippen LogP contribution in [0, 0.1) is 11.8 Å². The maximum atomic E-state index is 13.8. The van der Waals surface area contributed by atoms with Crippen LogP contribution < -0.4 is 25.0 Å². The maximum absolute atomic E-state index is 13.8. The molecule has 0 bridgehead atoms. The molecule has 1 aliphatic heterocycles. The maximum Gasteiger partial charge on any atom is 0.329 e. The average Bonchev–Trinajstić information content (AvgIpc) is 2.82. The number of hydrogen-bond donors (Lipinski definition) is 3. The van der Waals surface area contributed by atoms with E-state index in [9.17, 15) is 14.7 Å². The molecule has 2 aromatic carbocycles. The van der Waals surface area contributed by atoms with Crippen LogP contribution >= 0.6 is 0 Å². The number of hydrogen-bond acceptors (Lipinski definition) is 5. The summed E-state index contributed by atoms with van der Waals surface area (Å²) >= 11 is 0. The second-order valence-electron chi connectivity index (χ2n) is 8.87. The van der Waals surface area contributed by atoms with E-state index in [0.29, 0.717) is 17.4 Å². The summed E-state index contributed by atoms with van der Waals surface area (Å²) in [5.41, 5.74) is -1.36. The van der Waals surface area contributed by atoms with Gasteiger partial charge in [0.15, 0.2) is 0 Å². The molecule has 1 saturated carbocycles. The first-order chi connectivity index (χ1) is 15.8. The van der Waals surface area contributed by atoms with Gasteiger partial charge in [0.25, 0.3) is 11.6 Å². The fraction of sp³-hybridized carbons (Fsp3) is 0.440. The van der Waals surface area contributed by atoms with Gasteiger partial charge in [0, 0.05) is 17.7 Å². The van der Waals surface area contributed by atoms with Gasteiger partial charge in [-0.2, -0.15) is 0 Å². The highest BCUT2D eigenvalue weighted by Gasteiger charge is 2.53. The van der Waals surface area contributed by atoms with Gasteiger partial charge in [-0.05, 0) is 36.5 Å². The fourth-order valence-electron chi connectivity index (χ4n) is 4.87. The molecule has 2 aromatic rings. The number of fused-ring (bicyclic) bond motifs is 1. The Bertz CT molecular complexity index is 1060. The highest BCUT2D eigenvalue weighted by molar-refractivity contribution is 6.12. The van der Waals surface area contributed by atoms with Gasteiger partial charge in [0.1, 0.15) is 11.5 Å². The monoisotopic (exact) mass is 453 g/mol. The molecule has 1 aliphatic carbocycles. The van der Waals surface area contributed by atoms with Crippen molar-refractivity contribution >= 4 is 23.3 Å². The van der Waals surface area contributed by atoms with Gasteiger partial charge in [-0.15, -0.1) is 0 Å². The number of methoxy groups -OCH3 is 2. The number of amides is 3. The third kappa shape index (κ3) is 3.88. The first-order valence-corrected chi connectivity index (χ1v) is 11.3. The van der Waals surface area contributed by atoms with Gasteiger partial charge < -0.3 is 25.2 Å². The van der Waals surface area contributed by atoms with Crippen LogP contribution in [0.4, 0.5) is 16.2 Å². The first-order valence-electron chi connectivity index (χ1n) is 11.3. The number of ether oxygens (including phenoxy) is 2. The lowest BCUT2D eigenvalue weighted by molar-refractivity contribution is -0.141. The highest BCUT2D eigenvalue weighted by atomic mass is 16.5. The Kier molecular flexibility index (Phi) is 6.21. The largest absolute Gasteiger partial charge is 0.497 e. The van der Waals surface area contributed by atoms with E-state index in [0.717, 1.165) is 24.2 Å². The van der Waals surface area contributed by atoms with Crippen molar-refractivity contribution in [3.8, 4) is 11.5 Å². The summed E-state index contributed by atoms with van der Waals surface area (Å²) in [6.45, 7) is 4.29. The van der Waals surface area contributed by atoms with Crippen LogP contribution in [0.5, 0.6) is 11.5 Å². The second kappa shape index (κ2) is 8.94. The van der Waals surface area contributed by atoms with Crippen molar-refractivity contribution in [3.05, 3.63) is 48.0 Å². The molecule has 0 aromatic heterocycles. The zero-order valence-corrected chi connectivity index (χ0v) is 19.4. The predicted octanol–water partition coefficient (Wildman–Crippen LogP) is 3.84. The lowest BCUT2D eigenvalue weighted by atomic mass is 9.78. The summed E-state index contributed by atoms with van der Waals surface area (Å²) in [4.78, 5) is 28.2. The Morgan fingerprint density at radius 1 is 1.15 bits per heavy atom. The predicted molar refractivity (Wildman–Crippen MR) is 125 cm³/mol. The number of nitrogens with zero attached hydrogens (tertiary/aromatic N) is 1. The molecule has 0 radical (unpaired) electrons. The van der Waals surface area contributed by atoms with E-state index in [2.05, 4.69) is 24.5 Å². The molecule has 33 heavy (non-hydrogen) atoms. The third-order valence-electron chi connectivity index (χ3n) is 7.04. The van der Waals surface area contributed by atoms with Crippen LogP contribution in [0.25, 0.3) is 0 Å². The van der Waals surface area contributed by atoms with Gasteiger partial charge >= 0.3 is 6.03 Å². The SMILES string of the molecule is COc1ccc(N2C(=O)Nc3ccccc3[C@@]2(O)C(=O)N[C@@H]2CCC[C@@H](C)[C@H]2C)c(OC)c1. The fourth-order valence-corrected chi connectivity index (χ4v) is 4.87. The molecule has 0 saturated heterocycles. The van der Waals surface area contributed by atoms with Crippen LogP contribution in [-0.4, -0.2) is 37.3 Å². The van der Waals surface area contributed by atoms with Crippen molar-refractivity contribution in [2.75, 3.05) is 24.4 Å². The molecule has 2 aliphatic rings. The minimum atomic E-state index is -2.28. The van der Waals surface area contributed by atoms with E-state index >= 15 is 0 Å². The molecule has 3 amide bonds. The standard InChI is InChI=1S/C25H31N3O5/c1-15-8-7-11-19(16(15)2)26-23(29)25(31)18-9-5-6-10-20(18)27-24(30)28(25)21-13-12-17(32-3)14-22(21)33-4/h5-6,9-10,12-16,19,31H,7-8,11H2,1-4H3,(H,26,29)(H,27,30)/t15-,16-,19-,25-/m1/s1. The van der Waals surface area contributed by atoms with Crippen LogP contribution in [-0.2, 0) is 10.5 Å². The minimum Gasteiger partial charge on any atom is -0.497 e. The van der Waals surface area contributed by atoms with Crippen molar-refractivity contribution < 1.29 is 24.2 Å². The lowest BCUT2D eigenvalue weighted by Gasteiger charge is -2.44. The highest BCUT2D eigenvalue weighted by Crippen LogP contribution is 2.44. The molecule has 8 heteroatoms. The Morgan fingerprint density at radius 2 is 1.91 bits per heavy atom. The molecule has 1 fully saturated rings. The summed E-state index contributed by atoms with van der Waals surface area (Å²) in [7, 11) is 2.98. The quantitative estimate of drug-likeness (QED) is 0.639. The Balaban J connectivity index is 1.82. The van der Waals surface area contributed by atoms with Gasteiger partial charge in [-0.1, -0.05) is 44.9 Å². The van der Waals surface area contributed by atoms with Crippen molar-refractivity contribution in [3.63, 3.8) is 0 Å². The normalized spacial score (nSPS) is 26.8. The smallest absolute Gasteiger partial charge is 0.329 e. The molecule has 176 valence electrons.